The summed E-state index contributed by atoms with van der Waals surface area (Å²) in [5, 5.41) is 10.8. The molecule has 0 unspecified atom stereocenters. The van der Waals surface area contributed by atoms with Gasteiger partial charge in [0.1, 0.15) is 0 Å². The number of hydrogen-bond donors (Lipinski definition) is 1. The molecule has 5 nitrogen and oxygen atoms in total. The van der Waals surface area contributed by atoms with Crippen LogP contribution in [0.25, 0.3) is 11.1 Å². The van der Waals surface area contributed by atoms with Crippen molar-refractivity contribution in [1.29, 1.82) is 0 Å². The van der Waals surface area contributed by atoms with Crippen molar-refractivity contribution in [1.82, 2.24) is 9.80 Å². The van der Waals surface area contributed by atoms with Gasteiger partial charge in [-0.2, -0.15) is 13.2 Å². The Morgan fingerprint density at radius 2 is 1.49 bits per heavy atom. The Kier molecular flexibility index (Phi) is 9.22. The summed E-state index contributed by atoms with van der Waals surface area (Å²) < 4.78 is 38.1. The molecule has 1 aliphatic carbocycles. The predicted octanol–water partition coefficient (Wildman–Crippen LogP) is 7.16. The topological polar surface area (TPSA) is 60.9 Å². The number of piperidine rings is 1. The van der Waals surface area contributed by atoms with Crippen LogP contribution in [-0.4, -0.2) is 64.7 Å². The maximum atomic E-state index is 13.2. The molecule has 1 atom stereocenters. The van der Waals surface area contributed by atoms with Crippen LogP contribution in [0.5, 0.6) is 0 Å². The fraction of sp³-hybridized carbons (Fsp3) is 0.548. The molecule has 41 heavy (non-hydrogen) atoms. The zero-order chi connectivity index (χ0) is 29.3. The van der Waals surface area contributed by atoms with Crippen molar-refractivity contribution in [3.8, 4) is 11.1 Å². The second kappa shape index (κ2) is 12.5. The highest BCUT2D eigenvalue weighted by atomic mass is 35.5. The molecule has 0 spiro atoms. The quantitative estimate of drug-likeness (QED) is 0.377. The van der Waals surface area contributed by atoms with E-state index in [1.54, 1.807) is 17.0 Å². The molecule has 222 valence electrons. The SMILES string of the molecule is O=C(c1ccc(-c2cc(Cl)c(C[C@@H]3CCN(C4CCC(O)CC4)C3=O)c(Cl)c2)cc1)N1CCC(CC(F)(F)F)CC1. The first kappa shape index (κ1) is 30.2. The van der Waals surface area contributed by atoms with E-state index in [2.05, 4.69) is 0 Å². The highest BCUT2D eigenvalue weighted by Crippen LogP contribution is 2.37. The summed E-state index contributed by atoms with van der Waals surface area (Å²) in [6.07, 6.45) is -0.177. The molecule has 0 radical (unpaired) electrons. The minimum atomic E-state index is -4.17. The third kappa shape index (κ3) is 7.20. The van der Waals surface area contributed by atoms with E-state index in [0.717, 1.165) is 48.8 Å². The van der Waals surface area contributed by atoms with Crippen molar-refractivity contribution >= 4 is 35.0 Å². The van der Waals surface area contributed by atoms with Crippen LogP contribution in [0, 0.1) is 11.8 Å². The van der Waals surface area contributed by atoms with Crippen molar-refractivity contribution in [3.05, 3.63) is 57.6 Å². The Hall–Kier alpha value is -2.29. The number of hydrogen-bond acceptors (Lipinski definition) is 3. The van der Waals surface area contributed by atoms with E-state index in [4.69, 9.17) is 23.2 Å². The molecule has 10 heteroatoms. The van der Waals surface area contributed by atoms with Gasteiger partial charge in [-0.3, -0.25) is 9.59 Å². The molecule has 2 aromatic rings. The third-order valence-corrected chi connectivity index (χ3v) is 9.61. The molecule has 2 saturated heterocycles. The summed E-state index contributed by atoms with van der Waals surface area (Å²) in [5.74, 6) is -0.663. The van der Waals surface area contributed by atoms with E-state index in [-0.39, 0.29) is 29.9 Å². The van der Waals surface area contributed by atoms with Gasteiger partial charge in [0, 0.05) is 53.6 Å². The van der Waals surface area contributed by atoms with Crippen LogP contribution in [0.1, 0.15) is 67.3 Å². The third-order valence-electron chi connectivity index (χ3n) is 8.94. The second-order valence-corrected chi connectivity index (χ2v) is 12.5. The van der Waals surface area contributed by atoms with Crippen LogP contribution >= 0.6 is 23.2 Å². The predicted molar refractivity (Wildman–Crippen MR) is 153 cm³/mol. The van der Waals surface area contributed by atoms with Crippen LogP contribution < -0.4 is 0 Å². The van der Waals surface area contributed by atoms with E-state index in [9.17, 15) is 27.9 Å². The maximum Gasteiger partial charge on any atom is 0.389 e. The number of aliphatic hydroxyl groups excluding tert-OH is 1. The first-order valence-electron chi connectivity index (χ1n) is 14.4. The lowest BCUT2D eigenvalue weighted by Crippen LogP contribution is -2.41. The van der Waals surface area contributed by atoms with Gasteiger partial charge < -0.3 is 14.9 Å². The van der Waals surface area contributed by atoms with E-state index in [0.29, 0.717) is 54.5 Å². The lowest BCUT2D eigenvalue weighted by Gasteiger charge is -2.33. The molecule has 1 N–H and O–H groups in total. The zero-order valence-corrected chi connectivity index (χ0v) is 24.3. The maximum absolute atomic E-state index is 13.2. The smallest absolute Gasteiger partial charge is 0.389 e. The molecular formula is C31H35Cl2F3N2O3. The summed E-state index contributed by atoms with van der Waals surface area (Å²) in [6, 6.07) is 10.9. The molecule has 0 aromatic heterocycles. The Morgan fingerprint density at radius 3 is 2.07 bits per heavy atom. The molecule has 3 aliphatic rings. The molecule has 5 rings (SSSR count). The van der Waals surface area contributed by atoms with E-state index < -0.39 is 18.5 Å². The van der Waals surface area contributed by atoms with Gasteiger partial charge in [0.15, 0.2) is 0 Å². The number of rotatable bonds is 6. The number of alkyl halides is 3. The number of halogens is 5. The number of benzene rings is 2. The van der Waals surface area contributed by atoms with Crippen LogP contribution in [0.15, 0.2) is 36.4 Å². The number of aliphatic hydroxyl groups is 1. The number of amides is 2. The average molecular weight is 612 g/mol. The summed E-state index contributed by atoms with van der Waals surface area (Å²) in [7, 11) is 0. The van der Waals surface area contributed by atoms with Gasteiger partial charge in [-0.05, 0) is 98.2 Å². The fourth-order valence-electron chi connectivity index (χ4n) is 6.55. The Labute approximate surface area is 248 Å². The molecule has 2 aromatic carbocycles. The van der Waals surface area contributed by atoms with Crippen LogP contribution in [0.2, 0.25) is 10.0 Å². The fourth-order valence-corrected chi connectivity index (χ4v) is 7.19. The number of carbonyl (C=O) groups excluding carboxylic acids is 2. The van der Waals surface area contributed by atoms with Crippen molar-refractivity contribution in [2.24, 2.45) is 11.8 Å². The minimum absolute atomic E-state index is 0.132. The molecule has 2 amide bonds. The minimum Gasteiger partial charge on any atom is -0.393 e. The highest BCUT2D eigenvalue weighted by molar-refractivity contribution is 6.36. The first-order valence-corrected chi connectivity index (χ1v) is 15.2. The van der Waals surface area contributed by atoms with E-state index >= 15 is 0 Å². The van der Waals surface area contributed by atoms with Gasteiger partial charge >= 0.3 is 6.18 Å². The van der Waals surface area contributed by atoms with Crippen molar-refractivity contribution in [2.75, 3.05) is 19.6 Å². The molecule has 0 bridgehead atoms. The Balaban J connectivity index is 1.20. The van der Waals surface area contributed by atoms with Crippen LogP contribution in [0.4, 0.5) is 13.2 Å². The van der Waals surface area contributed by atoms with Gasteiger partial charge in [0.2, 0.25) is 5.91 Å². The Morgan fingerprint density at radius 1 is 0.878 bits per heavy atom. The average Bonchev–Trinajstić information content (AvgIpc) is 3.30. The molecule has 2 aliphatic heterocycles. The zero-order valence-electron chi connectivity index (χ0n) is 22.8. The number of carbonyl (C=O) groups is 2. The summed E-state index contributed by atoms with van der Waals surface area (Å²) in [6.45, 7) is 1.35. The summed E-state index contributed by atoms with van der Waals surface area (Å²) in [4.78, 5) is 29.7. The van der Waals surface area contributed by atoms with Crippen LogP contribution in [0.3, 0.4) is 0 Å². The van der Waals surface area contributed by atoms with Gasteiger partial charge in [0.25, 0.3) is 5.91 Å². The van der Waals surface area contributed by atoms with Crippen molar-refractivity contribution in [3.63, 3.8) is 0 Å². The second-order valence-electron chi connectivity index (χ2n) is 11.7. The highest BCUT2D eigenvalue weighted by Gasteiger charge is 2.38. The van der Waals surface area contributed by atoms with Gasteiger partial charge in [-0.1, -0.05) is 35.3 Å². The van der Waals surface area contributed by atoms with Gasteiger partial charge in [-0.15, -0.1) is 0 Å². The lowest BCUT2D eigenvalue weighted by molar-refractivity contribution is -0.147. The van der Waals surface area contributed by atoms with E-state index in [1.165, 1.54) is 0 Å². The van der Waals surface area contributed by atoms with Gasteiger partial charge in [0.05, 0.1) is 6.10 Å². The van der Waals surface area contributed by atoms with Crippen molar-refractivity contribution in [2.45, 2.75) is 76.1 Å². The number of likely N-dealkylation sites (tertiary alicyclic amines) is 2. The van der Waals surface area contributed by atoms with Crippen molar-refractivity contribution < 1.29 is 27.9 Å². The Bertz CT molecular complexity index is 1230. The van der Waals surface area contributed by atoms with Gasteiger partial charge in [-0.25, -0.2) is 0 Å². The molecular weight excluding hydrogens is 576 g/mol. The number of nitrogens with zero attached hydrogens (tertiary/aromatic N) is 2. The monoisotopic (exact) mass is 610 g/mol. The van der Waals surface area contributed by atoms with Crippen LogP contribution in [-0.2, 0) is 11.2 Å². The first-order chi connectivity index (χ1) is 19.5. The largest absolute Gasteiger partial charge is 0.393 e. The lowest BCUT2D eigenvalue weighted by atomic mass is 9.92. The van der Waals surface area contributed by atoms with E-state index in [1.807, 2.05) is 29.2 Å². The normalized spacial score (nSPS) is 24.2. The summed E-state index contributed by atoms with van der Waals surface area (Å²) >= 11 is 13.4. The molecule has 3 fully saturated rings. The molecule has 2 heterocycles. The molecule has 1 saturated carbocycles. The standard InChI is InChI=1S/C31H35Cl2F3N2O3/c32-27-16-23(17-28(33)26(27)15-22-11-14-38(30(22)41)24-5-7-25(39)8-6-24)20-1-3-21(4-2-20)29(40)37-12-9-19(10-13-37)18-31(34,35)36/h1-4,16-17,19,22,24-25,39H,5-15,18H2/t22-,24?,25?/m0/s1. The summed E-state index contributed by atoms with van der Waals surface area (Å²) in [5.41, 5.74) is 2.84.